The monoisotopic (exact) mass is 328 g/mol. The maximum absolute atomic E-state index is 12.4. The quantitative estimate of drug-likeness (QED) is 0.437. The molecule has 1 aliphatic heterocycles. The Kier molecular flexibility index (Phi) is 5.62. The lowest BCUT2D eigenvalue weighted by atomic mass is 9.72. The number of ether oxygens (including phenoxy) is 4. The van der Waals surface area contributed by atoms with E-state index in [0.29, 0.717) is 12.8 Å². The number of methoxy groups -OCH3 is 3. The Hall–Kier alpha value is -1.63. The first-order valence-corrected chi connectivity index (χ1v) is 7.95. The van der Waals surface area contributed by atoms with Gasteiger partial charge in [-0.1, -0.05) is 25.7 Å². The highest BCUT2D eigenvalue weighted by Gasteiger charge is 2.66. The molecule has 0 aromatic rings. The van der Waals surface area contributed by atoms with E-state index in [1.54, 1.807) is 0 Å². The van der Waals surface area contributed by atoms with Crippen molar-refractivity contribution in [2.45, 2.75) is 50.2 Å². The number of hydrogen-bond acceptors (Lipinski definition) is 7. The first-order valence-electron chi connectivity index (χ1n) is 7.95. The first kappa shape index (κ1) is 17.7. The second-order valence-electron chi connectivity index (χ2n) is 6.04. The molecule has 0 amide bonds. The van der Waals surface area contributed by atoms with Crippen molar-refractivity contribution in [3.8, 4) is 0 Å². The number of carbonyl (C=O) groups is 3. The summed E-state index contributed by atoms with van der Waals surface area (Å²) < 4.78 is 20.2. The molecule has 0 aromatic heterocycles. The van der Waals surface area contributed by atoms with Crippen LogP contribution in [0.25, 0.3) is 0 Å². The number of fused-ring (bicyclic) bond motifs is 1. The van der Waals surface area contributed by atoms with Crippen LogP contribution in [0.2, 0.25) is 0 Å². The van der Waals surface area contributed by atoms with Crippen LogP contribution in [0.4, 0.5) is 0 Å². The SMILES string of the molecule is COC(=O)[C@H]1OC(C(=O)OC)(C(=O)OC)[C@H]2CCCCCC[C@@H]12. The van der Waals surface area contributed by atoms with Crippen LogP contribution in [0.1, 0.15) is 38.5 Å². The summed E-state index contributed by atoms with van der Waals surface area (Å²) in [6.07, 6.45) is 4.18. The number of carbonyl (C=O) groups excluding carboxylic acids is 3. The van der Waals surface area contributed by atoms with Crippen molar-refractivity contribution < 1.29 is 33.3 Å². The maximum Gasteiger partial charge on any atom is 0.350 e. The Bertz CT molecular complexity index is 457. The van der Waals surface area contributed by atoms with Crippen molar-refractivity contribution >= 4 is 17.9 Å². The molecule has 2 rings (SSSR count). The standard InChI is InChI=1S/C16H24O7/c1-20-13(17)12-10-8-6-4-5-7-9-11(10)16(23-12,14(18)21-2)15(19)22-3/h10-12H,4-9H2,1-3H3/t10-,11+,12+/m1/s1. The molecule has 3 atom stereocenters. The fourth-order valence-electron chi connectivity index (χ4n) is 3.88. The zero-order valence-electron chi connectivity index (χ0n) is 13.8. The van der Waals surface area contributed by atoms with E-state index in [0.717, 1.165) is 25.7 Å². The highest BCUT2D eigenvalue weighted by atomic mass is 16.6. The van der Waals surface area contributed by atoms with E-state index in [2.05, 4.69) is 0 Å². The van der Waals surface area contributed by atoms with Crippen LogP contribution in [0.15, 0.2) is 0 Å². The van der Waals surface area contributed by atoms with Crippen molar-refractivity contribution in [3.63, 3.8) is 0 Å². The molecule has 0 spiro atoms. The van der Waals surface area contributed by atoms with Gasteiger partial charge in [-0.2, -0.15) is 0 Å². The third kappa shape index (κ3) is 2.94. The molecule has 0 N–H and O–H groups in total. The summed E-state index contributed by atoms with van der Waals surface area (Å²) in [6.45, 7) is 0. The lowest BCUT2D eigenvalue weighted by Crippen LogP contribution is -2.53. The molecular weight excluding hydrogens is 304 g/mol. The Labute approximate surface area is 135 Å². The Morgan fingerprint density at radius 2 is 1.43 bits per heavy atom. The largest absolute Gasteiger partial charge is 0.467 e. The van der Waals surface area contributed by atoms with E-state index >= 15 is 0 Å². The first-order chi connectivity index (χ1) is 11.0. The van der Waals surface area contributed by atoms with Gasteiger partial charge in [0.15, 0.2) is 6.10 Å². The van der Waals surface area contributed by atoms with Crippen LogP contribution in [0, 0.1) is 11.8 Å². The summed E-state index contributed by atoms with van der Waals surface area (Å²) in [7, 11) is 3.65. The van der Waals surface area contributed by atoms with Gasteiger partial charge in [-0.15, -0.1) is 0 Å². The minimum atomic E-state index is -1.88. The van der Waals surface area contributed by atoms with Gasteiger partial charge in [-0.3, -0.25) is 0 Å². The van der Waals surface area contributed by atoms with Crippen molar-refractivity contribution in [2.75, 3.05) is 21.3 Å². The van der Waals surface area contributed by atoms with Crippen molar-refractivity contribution in [1.29, 1.82) is 0 Å². The zero-order chi connectivity index (χ0) is 17.0. The summed E-state index contributed by atoms with van der Waals surface area (Å²) >= 11 is 0. The topological polar surface area (TPSA) is 88.1 Å². The van der Waals surface area contributed by atoms with Crippen LogP contribution >= 0.6 is 0 Å². The molecule has 2 aliphatic rings. The van der Waals surface area contributed by atoms with Crippen LogP contribution in [0.3, 0.4) is 0 Å². The maximum atomic E-state index is 12.4. The predicted molar refractivity (Wildman–Crippen MR) is 78.3 cm³/mol. The Morgan fingerprint density at radius 3 is 1.96 bits per heavy atom. The minimum Gasteiger partial charge on any atom is -0.467 e. The van der Waals surface area contributed by atoms with Crippen LogP contribution < -0.4 is 0 Å². The molecule has 0 aromatic carbocycles. The van der Waals surface area contributed by atoms with Crippen molar-refractivity contribution in [3.05, 3.63) is 0 Å². The normalized spacial score (nSPS) is 29.6. The van der Waals surface area contributed by atoms with Gasteiger partial charge < -0.3 is 18.9 Å². The van der Waals surface area contributed by atoms with Gasteiger partial charge in [0.05, 0.1) is 21.3 Å². The summed E-state index contributed by atoms with van der Waals surface area (Å²) in [5.74, 6) is -2.92. The average molecular weight is 328 g/mol. The Balaban J connectivity index is 2.48. The predicted octanol–water partition coefficient (Wildman–Crippen LogP) is 1.23. The van der Waals surface area contributed by atoms with Crippen molar-refractivity contribution in [1.82, 2.24) is 0 Å². The Morgan fingerprint density at radius 1 is 0.870 bits per heavy atom. The minimum absolute atomic E-state index is 0.263. The third-order valence-electron chi connectivity index (χ3n) is 4.95. The second kappa shape index (κ2) is 7.29. The lowest BCUT2D eigenvalue weighted by Gasteiger charge is -2.31. The molecule has 7 heteroatoms. The van der Waals surface area contributed by atoms with Crippen molar-refractivity contribution in [2.24, 2.45) is 11.8 Å². The summed E-state index contributed by atoms with van der Waals surface area (Å²) in [5, 5.41) is 0. The van der Waals surface area contributed by atoms with Crippen LogP contribution in [0.5, 0.6) is 0 Å². The third-order valence-corrected chi connectivity index (χ3v) is 4.95. The summed E-state index contributed by atoms with van der Waals surface area (Å²) in [6, 6.07) is 0. The second-order valence-corrected chi connectivity index (χ2v) is 6.04. The molecule has 1 saturated heterocycles. The van der Waals surface area contributed by atoms with Gasteiger partial charge in [0, 0.05) is 11.8 Å². The highest BCUT2D eigenvalue weighted by Crippen LogP contribution is 2.48. The van der Waals surface area contributed by atoms with Gasteiger partial charge in [-0.25, -0.2) is 14.4 Å². The number of esters is 3. The molecule has 2 fully saturated rings. The molecule has 7 nitrogen and oxygen atoms in total. The van der Waals surface area contributed by atoms with E-state index < -0.39 is 35.5 Å². The molecule has 130 valence electrons. The number of rotatable bonds is 3. The molecule has 23 heavy (non-hydrogen) atoms. The van der Waals surface area contributed by atoms with E-state index in [-0.39, 0.29) is 5.92 Å². The summed E-state index contributed by atoms with van der Waals surface area (Å²) in [4.78, 5) is 37.0. The molecule has 1 saturated carbocycles. The van der Waals surface area contributed by atoms with E-state index in [1.165, 1.54) is 21.3 Å². The van der Waals surface area contributed by atoms with E-state index in [1.807, 2.05) is 0 Å². The lowest BCUT2D eigenvalue weighted by molar-refractivity contribution is -0.193. The number of hydrogen-bond donors (Lipinski definition) is 0. The van der Waals surface area contributed by atoms with Gasteiger partial charge in [0.25, 0.3) is 5.60 Å². The molecule has 0 bridgehead atoms. The van der Waals surface area contributed by atoms with E-state index in [9.17, 15) is 14.4 Å². The molecule has 0 unspecified atom stereocenters. The van der Waals surface area contributed by atoms with Gasteiger partial charge in [0.2, 0.25) is 0 Å². The fourth-order valence-corrected chi connectivity index (χ4v) is 3.88. The van der Waals surface area contributed by atoms with E-state index in [4.69, 9.17) is 18.9 Å². The molecule has 0 radical (unpaired) electrons. The van der Waals surface area contributed by atoms with Crippen LogP contribution in [-0.2, 0) is 33.3 Å². The average Bonchev–Trinajstić information content (AvgIpc) is 2.86. The molecular formula is C16H24O7. The fraction of sp³-hybridized carbons (Fsp3) is 0.812. The van der Waals surface area contributed by atoms with Gasteiger partial charge in [-0.05, 0) is 12.8 Å². The smallest absolute Gasteiger partial charge is 0.350 e. The van der Waals surface area contributed by atoms with Gasteiger partial charge >= 0.3 is 17.9 Å². The highest BCUT2D eigenvalue weighted by molar-refractivity contribution is 6.05. The summed E-state index contributed by atoms with van der Waals surface area (Å²) in [5.41, 5.74) is -1.88. The molecule has 1 aliphatic carbocycles. The molecule has 1 heterocycles. The zero-order valence-corrected chi connectivity index (χ0v) is 13.8. The van der Waals surface area contributed by atoms with Gasteiger partial charge in [0.1, 0.15) is 0 Å². The van der Waals surface area contributed by atoms with Crippen LogP contribution in [-0.4, -0.2) is 50.9 Å².